The molecule has 0 saturated carbocycles. The van der Waals surface area contributed by atoms with E-state index in [9.17, 15) is 17.8 Å². The molecule has 7 nitrogen and oxygen atoms in total. The van der Waals surface area contributed by atoms with Gasteiger partial charge in [-0.1, -0.05) is 123 Å². The molecule has 0 radical (unpaired) electrons. The summed E-state index contributed by atoms with van der Waals surface area (Å²) in [6.45, 7) is 10.8. The van der Waals surface area contributed by atoms with E-state index >= 15 is 0 Å². The van der Waals surface area contributed by atoms with E-state index in [1.807, 2.05) is 18.2 Å². The first-order valence-electron chi connectivity index (χ1n) is 18.9. The van der Waals surface area contributed by atoms with Crippen LogP contribution >= 0.6 is 24.0 Å². The van der Waals surface area contributed by atoms with E-state index in [2.05, 4.69) is 134 Å². The summed E-state index contributed by atoms with van der Waals surface area (Å²) in [6.07, 6.45) is 15.8. The minimum Gasteiger partial charge on any atom is -0.748 e. The van der Waals surface area contributed by atoms with Crippen molar-refractivity contribution in [3.05, 3.63) is 132 Å². The summed E-state index contributed by atoms with van der Waals surface area (Å²) in [5, 5.41) is 4.81. The molecule has 55 heavy (non-hydrogen) atoms. The Morgan fingerprint density at radius 3 is 2.20 bits per heavy atom. The molecule has 1 fully saturated rings. The molecule has 0 aliphatic carbocycles. The number of thioether (sulfide) groups is 1. The van der Waals surface area contributed by atoms with Gasteiger partial charge in [-0.05, 0) is 65.6 Å². The van der Waals surface area contributed by atoms with Gasteiger partial charge in [0.15, 0.2) is 5.71 Å². The van der Waals surface area contributed by atoms with Crippen molar-refractivity contribution in [2.75, 3.05) is 36.0 Å². The van der Waals surface area contributed by atoms with Gasteiger partial charge in [-0.15, -0.1) is 0 Å². The zero-order valence-corrected chi connectivity index (χ0v) is 34.3. The number of benzene rings is 4. The van der Waals surface area contributed by atoms with Gasteiger partial charge in [0.1, 0.15) is 10.9 Å². The number of carbonyl (C=O) groups is 1. The van der Waals surface area contributed by atoms with Crippen molar-refractivity contribution < 1.29 is 22.3 Å². The molecule has 0 spiro atoms. The number of hydrogen-bond donors (Lipinski definition) is 0. The first-order chi connectivity index (χ1) is 26.3. The van der Waals surface area contributed by atoms with Crippen LogP contribution in [0.25, 0.3) is 21.5 Å². The second kappa shape index (κ2) is 15.7. The summed E-state index contributed by atoms with van der Waals surface area (Å²) in [4.78, 5) is 17.3. The van der Waals surface area contributed by atoms with Gasteiger partial charge in [-0.3, -0.25) is 9.69 Å². The molecular weight excluding hydrogens is 743 g/mol. The number of allylic oxidation sites excluding steroid dienone is 8. The molecule has 0 aromatic heterocycles. The lowest BCUT2D eigenvalue weighted by molar-refractivity contribution is -0.438. The lowest BCUT2D eigenvalue weighted by Crippen LogP contribution is -2.34. The Hall–Kier alpha value is -4.35. The number of carbonyl (C=O) groups excluding carboxylic acids is 1. The molecule has 3 heterocycles. The third kappa shape index (κ3) is 7.74. The summed E-state index contributed by atoms with van der Waals surface area (Å²) >= 11 is 7.02. The maximum Gasteiger partial charge on any atom is 0.229 e. The van der Waals surface area contributed by atoms with Crippen LogP contribution in [0.4, 0.5) is 11.4 Å². The standard InChI is InChI=1S/C45H47N3O4S3/c1-44(2)38(46(27-14-15-31-55(50,51)52)36-24-22-32-16-10-12-18-34(32)41(36)44)20-8-6-5-7-9-21-39-45(3,4)42-35-19-13-11-17-33(35)23-25-37(42)47(39)28-26-40(49)48-29-30-54-43(48)53/h5-13,16-25H,14-15,26-31H2,1-4H3. The molecule has 1 amide bonds. The summed E-state index contributed by atoms with van der Waals surface area (Å²) < 4.78 is 36.8. The molecule has 0 atom stereocenters. The van der Waals surface area contributed by atoms with E-state index in [-0.39, 0.29) is 22.5 Å². The van der Waals surface area contributed by atoms with Crippen LogP contribution in [0.3, 0.4) is 0 Å². The third-order valence-electron chi connectivity index (χ3n) is 11.1. The molecule has 7 rings (SSSR count). The highest BCUT2D eigenvalue weighted by Crippen LogP contribution is 2.51. The third-order valence-corrected chi connectivity index (χ3v) is 13.3. The predicted octanol–water partition coefficient (Wildman–Crippen LogP) is 9.30. The fourth-order valence-electron chi connectivity index (χ4n) is 8.55. The van der Waals surface area contributed by atoms with Crippen molar-refractivity contribution in [2.45, 2.75) is 57.8 Å². The Bertz CT molecular complexity index is 2460. The number of anilines is 1. The van der Waals surface area contributed by atoms with Crippen molar-refractivity contribution in [3.63, 3.8) is 0 Å². The SMILES string of the molecule is CC1(C)C(/C=C/C=C/C=C/C=C2/N(CCC(=O)N3CCSC3=S)c3ccc4ccccc4c3C2(C)C)=[N+](CCCCS(=O)(=O)[O-])c2ccc3ccccc3c21. The van der Waals surface area contributed by atoms with Crippen molar-refractivity contribution >= 4 is 83.0 Å². The van der Waals surface area contributed by atoms with Crippen LogP contribution in [0.1, 0.15) is 58.1 Å². The van der Waals surface area contributed by atoms with E-state index in [0.717, 1.165) is 28.5 Å². The monoisotopic (exact) mass is 789 g/mol. The van der Waals surface area contributed by atoms with Crippen molar-refractivity contribution in [1.29, 1.82) is 0 Å². The van der Waals surface area contributed by atoms with E-state index in [4.69, 9.17) is 12.2 Å². The van der Waals surface area contributed by atoms with Crippen LogP contribution in [-0.2, 0) is 25.7 Å². The van der Waals surface area contributed by atoms with Gasteiger partial charge in [-0.25, -0.2) is 8.42 Å². The van der Waals surface area contributed by atoms with Crippen LogP contribution in [0.2, 0.25) is 0 Å². The van der Waals surface area contributed by atoms with E-state index < -0.39 is 10.1 Å². The van der Waals surface area contributed by atoms with Gasteiger partial charge in [0.25, 0.3) is 0 Å². The number of thiocarbonyl (C=S) groups is 1. The molecule has 3 aliphatic rings. The molecule has 1 saturated heterocycles. The highest BCUT2D eigenvalue weighted by Gasteiger charge is 2.45. The van der Waals surface area contributed by atoms with Crippen molar-refractivity contribution in [3.8, 4) is 0 Å². The average molecular weight is 790 g/mol. The van der Waals surface area contributed by atoms with E-state index in [1.54, 1.807) is 16.7 Å². The van der Waals surface area contributed by atoms with Gasteiger partial charge in [0.2, 0.25) is 11.6 Å². The van der Waals surface area contributed by atoms with Crippen molar-refractivity contribution in [2.24, 2.45) is 0 Å². The maximum absolute atomic E-state index is 13.3. The first kappa shape index (κ1) is 38.9. The van der Waals surface area contributed by atoms with Crippen LogP contribution < -0.4 is 4.90 Å². The largest absolute Gasteiger partial charge is 0.748 e. The number of hydrogen-bond acceptors (Lipinski definition) is 7. The fraction of sp³-hybridized carbons (Fsp3) is 0.311. The topological polar surface area (TPSA) is 83.8 Å². The van der Waals surface area contributed by atoms with Crippen LogP contribution in [0.15, 0.2) is 121 Å². The summed E-state index contributed by atoms with van der Waals surface area (Å²) in [5.74, 6) is 0.570. The zero-order valence-electron chi connectivity index (χ0n) is 31.8. The van der Waals surface area contributed by atoms with E-state index in [1.165, 1.54) is 32.7 Å². The Balaban J connectivity index is 1.14. The number of fused-ring (bicyclic) bond motifs is 6. The Kier molecular flexibility index (Phi) is 11.1. The van der Waals surface area contributed by atoms with Gasteiger partial charge in [0, 0.05) is 71.9 Å². The lowest BCUT2D eigenvalue weighted by Gasteiger charge is -2.27. The summed E-state index contributed by atoms with van der Waals surface area (Å²) in [6, 6.07) is 25.6. The highest BCUT2D eigenvalue weighted by molar-refractivity contribution is 8.23. The maximum atomic E-state index is 13.3. The number of rotatable bonds is 12. The van der Waals surface area contributed by atoms with Gasteiger partial charge in [-0.2, -0.15) is 4.58 Å². The summed E-state index contributed by atoms with van der Waals surface area (Å²) in [5.41, 5.74) is 6.43. The number of amides is 1. The average Bonchev–Trinajstić information content (AvgIpc) is 3.75. The molecule has 0 bridgehead atoms. The molecule has 4 aromatic rings. The molecule has 10 heteroatoms. The Labute approximate surface area is 334 Å². The smallest absolute Gasteiger partial charge is 0.229 e. The van der Waals surface area contributed by atoms with Crippen LogP contribution in [-0.4, -0.2) is 69.5 Å². The quantitative estimate of drug-likeness (QED) is 0.0465. The predicted molar refractivity (Wildman–Crippen MR) is 232 cm³/mol. The molecule has 0 unspecified atom stereocenters. The number of unbranched alkanes of at least 4 members (excludes halogenated alkanes) is 1. The normalized spacial score (nSPS) is 18.7. The fourth-order valence-corrected chi connectivity index (χ4v) is 10.3. The molecule has 284 valence electrons. The lowest BCUT2D eigenvalue weighted by atomic mass is 9.79. The molecule has 3 aliphatic heterocycles. The molecule has 0 N–H and O–H groups in total. The Morgan fingerprint density at radius 1 is 0.855 bits per heavy atom. The first-order valence-corrected chi connectivity index (χ1v) is 21.9. The Morgan fingerprint density at radius 2 is 1.51 bits per heavy atom. The zero-order chi connectivity index (χ0) is 39.0. The summed E-state index contributed by atoms with van der Waals surface area (Å²) in [7, 11) is -4.25. The second-order valence-electron chi connectivity index (χ2n) is 15.4. The minimum absolute atomic E-state index is 0.0696. The van der Waals surface area contributed by atoms with Crippen molar-refractivity contribution in [1.82, 2.24) is 4.90 Å². The highest BCUT2D eigenvalue weighted by atomic mass is 32.2. The van der Waals surface area contributed by atoms with Crippen LogP contribution in [0.5, 0.6) is 0 Å². The minimum atomic E-state index is -4.25. The molecular formula is C45H47N3O4S3. The van der Waals surface area contributed by atoms with Crippen LogP contribution in [0, 0.1) is 0 Å². The van der Waals surface area contributed by atoms with Gasteiger partial charge < -0.3 is 9.45 Å². The van der Waals surface area contributed by atoms with Gasteiger partial charge in [0.05, 0.1) is 15.5 Å². The number of nitrogens with zero attached hydrogens (tertiary/aromatic N) is 3. The molecule has 4 aromatic carbocycles. The van der Waals surface area contributed by atoms with Gasteiger partial charge >= 0.3 is 0 Å². The van der Waals surface area contributed by atoms with E-state index in [0.29, 0.717) is 43.2 Å². The second-order valence-corrected chi connectivity index (χ2v) is 18.6.